The SMILES string of the molecule is C=C(C)CCC(NCC)c1cc(C)cc(Br)c1. The summed E-state index contributed by atoms with van der Waals surface area (Å²) in [6, 6.07) is 7.04. The Morgan fingerprint density at radius 3 is 2.65 bits per heavy atom. The first-order valence-corrected chi connectivity index (χ1v) is 6.97. The Kier molecular flexibility index (Phi) is 5.93. The Labute approximate surface area is 113 Å². The molecule has 17 heavy (non-hydrogen) atoms. The Hall–Kier alpha value is -0.600. The number of benzene rings is 1. The van der Waals surface area contributed by atoms with Crippen LogP contribution in [0.1, 0.15) is 43.9 Å². The molecule has 1 unspecified atom stereocenters. The summed E-state index contributed by atoms with van der Waals surface area (Å²) in [5.41, 5.74) is 3.91. The highest BCUT2D eigenvalue weighted by molar-refractivity contribution is 9.10. The average molecular weight is 296 g/mol. The van der Waals surface area contributed by atoms with Crippen molar-refractivity contribution in [3.05, 3.63) is 46.0 Å². The molecule has 0 radical (unpaired) electrons. The zero-order chi connectivity index (χ0) is 12.8. The first kappa shape index (κ1) is 14.5. The van der Waals surface area contributed by atoms with Crippen LogP contribution >= 0.6 is 15.9 Å². The molecule has 0 spiro atoms. The summed E-state index contributed by atoms with van der Waals surface area (Å²) < 4.78 is 1.16. The van der Waals surface area contributed by atoms with Crippen LogP contribution in [0.5, 0.6) is 0 Å². The summed E-state index contributed by atoms with van der Waals surface area (Å²) >= 11 is 3.57. The van der Waals surface area contributed by atoms with Gasteiger partial charge in [0.25, 0.3) is 0 Å². The predicted molar refractivity (Wildman–Crippen MR) is 79.3 cm³/mol. The second kappa shape index (κ2) is 6.97. The van der Waals surface area contributed by atoms with E-state index in [1.54, 1.807) is 0 Å². The van der Waals surface area contributed by atoms with Crippen molar-refractivity contribution in [1.82, 2.24) is 5.32 Å². The maximum absolute atomic E-state index is 3.98. The van der Waals surface area contributed by atoms with E-state index in [1.165, 1.54) is 16.7 Å². The molecule has 0 aliphatic rings. The summed E-state index contributed by atoms with van der Waals surface area (Å²) in [6.45, 7) is 11.4. The van der Waals surface area contributed by atoms with Crippen LogP contribution in [-0.2, 0) is 0 Å². The molecule has 0 heterocycles. The number of hydrogen-bond donors (Lipinski definition) is 1. The van der Waals surface area contributed by atoms with E-state index in [0.29, 0.717) is 6.04 Å². The monoisotopic (exact) mass is 295 g/mol. The van der Waals surface area contributed by atoms with Crippen molar-refractivity contribution in [2.24, 2.45) is 0 Å². The van der Waals surface area contributed by atoms with Gasteiger partial charge in [-0.25, -0.2) is 0 Å². The fourth-order valence-corrected chi connectivity index (χ4v) is 2.61. The predicted octanol–water partition coefficient (Wildman–Crippen LogP) is 4.76. The van der Waals surface area contributed by atoms with Gasteiger partial charge in [0.05, 0.1) is 0 Å². The molecular formula is C15H22BrN. The minimum absolute atomic E-state index is 0.424. The Bertz CT molecular complexity index is 364. The van der Waals surface area contributed by atoms with Crippen LogP contribution in [0.2, 0.25) is 0 Å². The molecule has 0 bridgehead atoms. The van der Waals surface area contributed by atoms with Gasteiger partial charge in [0.2, 0.25) is 0 Å². The van der Waals surface area contributed by atoms with Gasteiger partial charge in [0.1, 0.15) is 0 Å². The topological polar surface area (TPSA) is 12.0 Å². The molecule has 0 aliphatic carbocycles. The van der Waals surface area contributed by atoms with E-state index in [0.717, 1.165) is 23.9 Å². The molecule has 0 aliphatic heterocycles. The maximum atomic E-state index is 3.98. The van der Waals surface area contributed by atoms with E-state index >= 15 is 0 Å². The molecule has 0 fully saturated rings. The second-order valence-corrected chi connectivity index (χ2v) is 5.58. The molecule has 0 amide bonds. The highest BCUT2D eigenvalue weighted by Crippen LogP contribution is 2.24. The largest absolute Gasteiger partial charge is 0.310 e. The average Bonchev–Trinajstić information content (AvgIpc) is 2.22. The van der Waals surface area contributed by atoms with E-state index in [2.05, 4.69) is 66.8 Å². The fourth-order valence-electron chi connectivity index (χ4n) is 1.99. The maximum Gasteiger partial charge on any atom is 0.0323 e. The van der Waals surface area contributed by atoms with Crippen LogP contribution in [0.3, 0.4) is 0 Å². The third-order valence-corrected chi connectivity index (χ3v) is 3.23. The number of allylic oxidation sites excluding steroid dienone is 1. The lowest BCUT2D eigenvalue weighted by atomic mass is 9.98. The molecule has 1 rings (SSSR count). The zero-order valence-electron chi connectivity index (χ0n) is 11.0. The standard InChI is InChI=1S/C15H22BrN/c1-5-17-15(7-6-11(2)3)13-8-12(4)9-14(16)10-13/h8-10,15,17H,2,5-7H2,1,3-4H3. The summed E-state index contributed by atoms with van der Waals surface area (Å²) in [7, 11) is 0. The van der Waals surface area contributed by atoms with Crippen LogP contribution in [0.4, 0.5) is 0 Å². The minimum atomic E-state index is 0.424. The van der Waals surface area contributed by atoms with E-state index < -0.39 is 0 Å². The van der Waals surface area contributed by atoms with Gasteiger partial charge in [-0.1, -0.05) is 34.5 Å². The van der Waals surface area contributed by atoms with Crippen molar-refractivity contribution in [3.8, 4) is 0 Å². The highest BCUT2D eigenvalue weighted by Gasteiger charge is 2.11. The van der Waals surface area contributed by atoms with Crippen molar-refractivity contribution in [2.45, 2.75) is 39.7 Å². The lowest BCUT2D eigenvalue weighted by molar-refractivity contribution is 0.514. The molecule has 1 atom stereocenters. The smallest absolute Gasteiger partial charge is 0.0323 e. The lowest BCUT2D eigenvalue weighted by Gasteiger charge is -2.19. The Balaban J connectivity index is 2.84. The van der Waals surface area contributed by atoms with E-state index in [1.807, 2.05) is 0 Å². The molecule has 0 aromatic heterocycles. The van der Waals surface area contributed by atoms with Crippen molar-refractivity contribution < 1.29 is 0 Å². The third kappa shape index (κ3) is 5.05. The van der Waals surface area contributed by atoms with Gasteiger partial charge < -0.3 is 5.32 Å². The number of nitrogens with one attached hydrogen (secondary N) is 1. The molecule has 1 aromatic rings. The molecule has 1 N–H and O–H groups in total. The minimum Gasteiger partial charge on any atom is -0.310 e. The van der Waals surface area contributed by atoms with Gasteiger partial charge in [0, 0.05) is 10.5 Å². The molecule has 2 heteroatoms. The van der Waals surface area contributed by atoms with Crippen LogP contribution in [0.15, 0.2) is 34.8 Å². The Morgan fingerprint density at radius 1 is 1.41 bits per heavy atom. The molecule has 1 aromatic carbocycles. The zero-order valence-corrected chi connectivity index (χ0v) is 12.6. The molecule has 0 saturated heterocycles. The van der Waals surface area contributed by atoms with Gasteiger partial charge in [-0.2, -0.15) is 0 Å². The number of halogens is 1. The van der Waals surface area contributed by atoms with Gasteiger partial charge in [-0.05, 0) is 56.5 Å². The number of aryl methyl sites for hydroxylation is 1. The van der Waals surface area contributed by atoms with E-state index in [9.17, 15) is 0 Å². The highest BCUT2D eigenvalue weighted by atomic mass is 79.9. The van der Waals surface area contributed by atoms with Gasteiger partial charge in [-0.15, -0.1) is 6.58 Å². The Morgan fingerprint density at radius 2 is 2.12 bits per heavy atom. The van der Waals surface area contributed by atoms with Crippen LogP contribution in [0, 0.1) is 6.92 Å². The summed E-state index contributed by atoms with van der Waals surface area (Å²) in [6.07, 6.45) is 2.18. The van der Waals surface area contributed by atoms with E-state index in [-0.39, 0.29) is 0 Å². The first-order valence-electron chi connectivity index (χ1n) is 6.17. The molecular weight excluding hydrogens is 274 g/mol. The van der Waals surface area contributed by atoms with Crippen molar-refractivity contribution in [2.75, 3.05) is 6.54 Å². The van der Waals surface area contributed by atoms with Crippen LogP contribution in [-0.4, -0.2) is 6.54 Å². The summed E-state index contributed by atoms with van der Waals surface area (Å²) in [5.74, 6) is 0. The lowest BCUT2D eigenvalue weighted by Crippen LogP contribution is -2.21. The van der Waals surface area contributed by atoms with Crippen molar-refractivity contribution >= 4 is 15.9 Å². The van der Waals surface area contributed by atoms with Gasteiger partial charge in [-0.3, -0.25) is 0 Å². The molecule has 94 valence electrons. The fraction of sp³-hybridized carbons (Fsp3) is 0.467. The van der Waals surface area contributed by atoms with Crippen molar-refractivity contribution in [3.63, 3.8) is 0 Å². The summed E-state index contributed by atoms with van der Waals surface area (Å²) in [4.78, 5) is 0. The normalized spacial score (nSPS) is 12.5. The third-order valence-electron chi connectivity index (χ3n) is 2.78. The van der Waals surface area contributed by atoms with Crippen molar-refractivity contribution in [1.29, 1.82) is 0 Å². The number of rotatable bonds is 6. The number of hydrogen-bond acceptors (Lipinski definition) is 1. The summed E-state index contributed by atoms with van der Waals surface area (Å²) in [5, 5.41) is 3.55. The van der Waals surface area contributed by atoms with Crippen LogP contribution < -0.4 is 5.32 Å². The second-order valence-electron chi connectivity index (χ2n) is 4.67. The van der Waals surface area contributed by atoms with Gasteiger partial charge in [0.15, 0.2) is 0 Å². The quantitative estimate of drug-likeness (QED) is 0.746. The van der Waals surface area contributed by atoms with Crippen LogP contribution in [0.25, 0.3) is 0 Å². The van der Waals surface area contributed by atoms with Gasteiger partial charge >= 0.3 is 0 Å². The molecule has 0 saturated carbocycles. The first-order chi connectivity index (χ1) is 8.02. The van der Waals surface area contributed by atoms with E-state index in [4.69, 9.17) is 0 Å². The molecule has 1 nitrogen and oxygen atoms in total.